The summed E-state index contributed by atoms with van der Waals surface area (Å²) >= 11 is 0. The van der Waals surface area contributed by atoms with Crippen LogP contribution in [0.5, 0.6) is 0 Å². The van der Waals surface area contributed by atoms with Gasteiger partial charge >= 0.3 is 0 Å². The first-order valence-electron chi connectivity index (χ1n) is 5.40. The van der Waals surface area contributed by atoms with E-state index in [0.717, 1.165) is 6.42 Å². The first-order chi connectivity index (χ1) is 7.31. The third-order valence-electron chi connectivity index (χ3n) is 2.70. The number of benzene rings is 1. The molecule has 0 fully saturated rings. The summed E-state index contributed by atoms with van der Waals surface area (Å²) in [7, 11) is 0. The molecule has 2 heteroatoms. The molecule has 2 rings (SSSR count). The van der Waals surface area contributed by atoms with Crippen LogP contribution in [-0.4, -0.2) is 11.0 Å². The summed E-state index contributed by atoms with van der Waals surface area (Å²) in [5.41, 5.74) is 1.20. The van der Waals surface area contributed by atoms with Gasteiger partial charge in [0.2, 0.25) is 0 Å². The van der Waals surface area contributed by atoms with Crippen molar-refractivity contribution < 1.29 is 0 Å². The van der Waals surface area contributed by atoms with E-state index in [1.54, 1.807) is 0 Å². The fraction of sp³-hybridized carbons (Fsp3) is 0.308. The van der Waals surface area contributed by atoms with Crippen LogP contribution in [-0.2, 0) is 0 Å². The number of nitrogens with one attached hydrogen (secondary N) is 1. The number of fused-ring (bicyclic) bond motifs is 1. The molecule has 0 bridgehead atoms. The van der Waals surface area contributed by atoms with Crippen molar-refractivity contribution in [3.63, 3.8) is 0 Å². The lowest BCUT2D eigenvalue weighted by Gasteiger charge is -2.14. The highest BCUT2D eigenvalue weighted by Crippen LogP contribution is 2.22. The van der Waals surface area contributed by atoms with Crippen LogP contribution in [0.15, 0.2) is 36.7 Å². The van der Waals surface area contributed by atoms with Crippen molar-refractivity contribution in [3.8, 4) is 0 Å². The number of nitrogens with zero attached hydrogens (tertiary/aromatic N) is 1. The second-order valence-electron chi connectivity index (χ2n) is 3.86. The molecule has 1 aromatic carbocycles. The van der Waals surface area contributed by atoms with Crippen molar-refractivity contribution >= 4 is 16.5 Å². The minimum atomic E-state index is 0.503. The van der Waals surface area contributed by atoms with Crippen LogP contribution in [0.2, 0.25) is 0 Å². The number of hydrogen-bond donors (Lipinski definition) is 1. The summed E-state index contributed by atoms with van der Waals surface area (Å²) in [6, 6.07) is 8.83. The highest BCUT2D eigenvalue weighted by Gasteiger charge is 2.02. The number of pyridine rings is 1. The van der Waals surface area contributed by atoms with Gasteiger partial charge in [0.1, 0.15) is 0 Å². The predicted octanol–water partition coefficient (Wildman–Crippen LogP) is 3.45. The van der Waals surface area contributed by atoms with Gasteiger partial charge in [-0.15, -0.1) is 0 Å². The molecule has 78 valence electrons. The van der Waals surface area contributed by atoms with Gasteiger partial charge in [-0.2, -0.15) is 0 Å². The third-order valence-corrected chi connectivity index (χ3v) is 2.70. The standard InChI is InChI=1S/C13H16N2/c1-3-10(2)15-13-6-4-5-11-9-14-8-7-12(11)13/h4-10,15H,3H2,1-2H3/t10-/m1/s1. The largest absolute Gasteiger partial charge is 0.382 e. The zero-order chi connectivity index (χ0) is 10.7. The van der Waals surface area contributed by atoms with Gasteiger partial charge in [-0.1, -0.05) is 19.1 Å². The molecule has 0 aliphatic carbocycles. The van der Waals surface area contributed by atoms with Crippen LogP contribution in [0.25, 0.3) is 10.8 Å². The molecule has 0 unspecified atom stereocenters. The molecule has 1 heterocycles. The molecule has 0 aliphatic heterocycles. The van der Waals surface area contributed by atoms with Crippen LogP contribution in [0.3, 0.4) is 0 Å². The predicted molar refractivity (Wildman–Crippen MR) is 65.1 cm³/mol. The first kappa shape index (κ1) is 9.97. The Labute approximate surface area is 90.3 Å². The summed E-state index contributed by atoms with van der Waals surface area (Å²) in [6.45, 7) is 4.38. The highest BCUT2D eigenvalue weighted by molar-refractivity contribution is 5.93. The van der Waals surface area contributed by atoms with E-state index in [1.165, 1.54) is 16.5 Å². The van der Waals surface area contributed by atoms with Crippen molar-refractivity contribution in [3.05, 3.63) is 36.7 Å². The average molecular weight is 200 g/mol. The van der Waals surface area contributed by atoms with Crippen molar-refractivity contribution in [2.24, 2.45) is 0 Å². The Balaban J connectivity index is 2.42. The Hall–Kier alpha value is -1.57. The molecule has 15 heavy (non-hydrogen) atoms. The van der Waals surface area contributed by atoms with Gasteiger partial charge in [0.25, 0.3) is 0 Å². The molecular weight excluding hydrogens is 184 g/mol. The van der Waals surface area contributed by atoms with E-state index in [-0.39, 0.29) is 0 Å². The minimum absolute atomic E-state index is 0.503. The van der Waals surface area contributed by atoms with Crippen LogP contribution in [0, 0.1) is 0 Å². The molecule has 0 saturated heterocycles. The van der Waals surface area contributed by atoms with Gasteiger partial charge in [0.05, 0.1) is 0 Å². The maximum absolute atomic E-state index is 4.13. The first-order valence-corrected chi connectivity index (χ1v) is 5.40. The lowest BCUT2D eigenvalue weighted by atomic mass is 10.1. The summed E-state index contributed by atoms with van der Waals surface area (Å²) in [4.78, 5) is 4.13. The van der Waals surface area contributed by atoms with Crippen LogP contribution in [0.1, 0.15) is 20.3 Å². The Morgan fingerprint density at radius 3 is 3.00 bits per heavy atom. The van der Waals surface area contributed by atoms with Crippen LogP contribution >= 0.6 is 0 Å². The topological polar surface area (TPSA) is 24.9 Å². The van der Waals surface area contributed by atoms with Crippen LogP contribution < -0.4 is 5.32 Å². The summed E-state index contributed by atoms with van der Waals surface area (Å²) in [6.07, 6.45) is 4.86. The second-order valence-corrected chi connectivity index (χ2v) is 3.86. The number of aromatic nitrogens is 1. The van der Waals surface area contributed by atoms with E-state index < -0.39 is 0 Å². The maximum atomic E-state index is 4.13. The molecule has 1 aromatic heterocycles. The van der Waals surface area contributed by atoms with E-state index in [1.807, 2.05) is 12.4 Å². The molecule has 2 nitrogen and oxygen atoms in total. The van der Waals surface area contributed by atoms with Crippen molar-refractivity contribution in [2.45, 2.75) is 26.3 Å². The van der Waals surface area contributed by atoms with Gasteiger partial charge in [0, 0.05) is 34.9 Å². The van der Waals surface area contributed by atoms with E-state index in [9.17, 15) is 0 Å². The van der Waals surface area contributed by atoms with Crippen molar-refractivity contribution in [1.29, 1.82) is 0 Å². The zero-order valence-electron chi connectivity index (χ0n) is 9.20. The summed E-state index contributed by atoms with van der Waals surface area (Å²) in [5.74, 6) is 0. The lowest BCUT2D eigenvalue weighted by Crippen LogP contribution is -2.13. The zero-order valence-corrected chi connectivity index (χ0v) is 9.20. The quantitative estimate of drug-likeness (QED) is 0.820. The monoisotopic (exact) mass is 200 g/mol. The third kappa shape index (κ3) is 2.09. The van der Waals surface area contributed by atoms with Crippen LogP contribution in [0.4, 0.5) is 5.69 Å². The van der Waals surface area contributed by atoms with Gasteiger partial charge in [-0.3, -0.25) is 4.98 Å². The Morgan fingerprint density at radius 2 is 2.20 bits per heavy atom. The summed E-state index contributed by atoms with van der Waals surface area (Å²) < 4.78 is 0. The molecule has 0 spiro atoms. The smallest absolute Gasteiger partial charge is 0.0423 e. The van der Waals surface area contributed by atoms with Crippen molar-refractivity contribution in [1.82, 2.24) is 4.98 Å². The number of anilines is 1. The number of rotatable bonds is 3. The molecule has 1 N–H and O–H groups in total. The van der Waals surface area contributed by atoms with Gasteiger partial charge in [-0.25, -0.2) is 0 Å². The van der Waals surface area contributed by atoms with Crippen molar-refractivity contribution in [2.75, 3.05) is 5.32 Å². The molecule has 1 atom stereocenters. The fourth-order valence-corrected chi connectivity index (χ4v) is 1.62. The summed E-state index contributed by atoms with van der Waals surface area (Å²) in [5, 5.41) is 5.94. The van der Waals surface area contributed by atoms with E-state index in [2.05, 4.69) is 48.4 Å². The minimum Gasteiger partial charge on any atom is -0.382 e. The van der Waals surface area contributed by atoms with Gasteiger partial charge in [0.15, 0.2) is 0 Å². The maximum Gasteiger partial charge on any atom is 0.0423 e. The molecule has 0 saturated carbocycles. The highest BCUT2D eigenvalue weighted by atomic mass is 14.9. The molecule has 0 radical (unpaired) electrons. The molecule has 0 amide bonds. The van der Waals surface area contributed by atoms with E-state index >= 15 is 0 Å². The average Bonchev–Trinajstić information content (AvgIpc) is 2.29. The molecule has 2 aromatic rings. The number of hydrogen-bond acceptors (Lipinski definition) is 2. The van der Waals surface area contributed by atoms with E-state index in [4.69, 9.17) is 0 Å². The van der Waals surface area contributed by atoms with Gasteiger partial charge < -0.3 is 5.32 Å². The molecule has 0 aliphatic rings. The lowest BCUT2D eigenvalue weighted by molar-refractivity contribution is 0.765. The fourth-order valence-electron chi connectivity index (χ4n) is 1.62. The SMILES string of the molecule is CC[C@@H](C)Nc1cccc2cnccc12. The second kappa shape index (κ2) is 4.30. The Kier molecular flexibility index (Phi) is 2.86. The van der Waals surface area contributed by atoms with Gasteiger partial charge in [-0.05, 0) is 25.5 Å². The Morgan fingerprint density at radius 1 is 1.33 bits per heavy atom. The normalized spacial score (nSPS) is 12.7. The molecular formula is C13H16N2. The van der Waals surface area contributed by atoms with E-state index in [0.29, 0.717) is 6.04 Å². The Bertz CT molecular complexity index is 446.